The van der Waals surface area contributed by atoms with Gasteiger partial charge in [0.1, 0.15) is 5.75 Å². The summed E-state index contributed by atoms with van der Waals surface area (Å²) in [5, 5.41) is 8.73. The second-order valence-corrected chi connectivity index (χ2v) is 7.16. The smallest absolute Gasteiger partial charge is 0.197 e. The molecular weight excluding hydrogens is 397 g/mol. The third kappa shape index (κ3) is 3.48. The first-order chi connectivity index (χ1) is 13.4. The molecule has 0 aliphatic rings. The normalized spacial score (nSPS) is 11.0. The lowest BCUT2D eigenvalue weighted by Gasteiger charge is -2.13. The maximum Gasteiger partial charge on any atom is 0.197 e. The van der Waals surface area contributed by atoms with Crippen LogP contribution in [0, 0.1) is 13.8 Å². The van der Waals surface area contributed by atoms with E-state index in [9.17, 15) is 0 Å². The largest absolute Gasteiger partial charge is 0.497 e. The molecule has 1 N–H and O–H groups in total. The fourth-order valence-corrected chi connectivity index (χ4v) is 3.24. The third-order valence-corrected chi connectivity index (χ3v) is 4.97. The maximum absolute atomic E-state index is 6.17. The molecule has 0 saturated heterocycles. The van der Waals surface area contributed by atoms with Crippen molar-refractivity contribution in [3.05, 3.63) is 63.9 Å². The number of nitrogens with one attached hydrogen (secondary N) is 1. The van der Waals surface area contributed by atoms with Gasteiger partial charge in [-0.2, -0.15) is 5.10 Å². The highest BCUT2D eigenvalue weighted by Crippen LogP contribution is 2.30. The zero-order valence-electron chi connectivity index (χ0n) is 15.5. The standard InChI is InChI=1S/C20H17Cl2N5O/c1-11-8-12(2)27(26-11)20-19(23-13-4-6-14(28-3)7-5-13)24-17-9-15(21)16(22)10-18(17)25-20/h4-10H,1-3H3,(H,23,24). The van der Waals surface area contributed by atoms with Gasteiger partial charge in [-0.05, 0) is 56.3 Å². The molecule has 0 saturated carbocycles. The Labute approximate surface area is 172 Å². The van der Waals surface area contributed by atoms with Crippen LogP contribution in [0.1, 0.15) is 11.4 Å². The monoisotopic (exact) mass is 413 g/mol. The summed E-state index contributed by atoms with van der Waals surface area (Å²) in [5.41, 5.74) is 3.96. The number of benzene rings is 2. The lowest BCUT2D eigenvalue weighted by atomic mass is 10.3. The molecule has 0 radical (unpaired) electrons. The Kier molecular flexibility index (Phi) is 4.83. The van der Waals surface area contributed by atoms with E-state index in [1.807, 2.05) is 44.2 Å². The molecule has 4 aromatic rings. The van der Waals surface area contributed by atoms with E-state index in [1.165, 1.54) is 0 Å². The zero-order valence-corrected chi connectivity index (χ0v) is 17.0. The summed E-state index contributed by atoms with van der Waals surface area (Å²) in [7, 11) is 1.63. The summed E-state index contributed by atoms with van der Waals surface area (Å²) < 4.78 is 6.98. The van der Waals surface area contributed by atoms with Crippen LogP contribution in [-0.4, -0.2) is 26.9 Å². The predicted octanol–water partition coefficient (Wildman–Crippen LogP) is 5.49. The maximum atomic E-state index is 6.17. The summed E-state index contributed by atoms with van der Waals surface area (Å²) >= 11 is 12.3. The molecule has 0 fully saturated rings. The van der Waals surface area contributed by atoms with Crippen molar-refractivity contribution >= 4 is 45.7 Å². The predicted molar refractivity (Wildman–Crippen MR) is 112 cm³/mol. The fraction of sp³-hybridized carbons (Fsp3) is 0.150. The Morgan fingerprint density at radius 3 is 2.14 bits per heavy atom. The minimum Gasteiger partial charge on any atom is -0.497 e. The van der Waals surface area contributed by atoms with Crippen LogP contribution in [0.25, 0.3) is 16.9 Å². The Morgan fingerprint density at radius 1 is 0.929 bits per heavy atom. The molecule has 4 rings (SSSR count). The molecule has 0 unspecified atom stereocenters. The SMILES string of the molecule is COc1ccc(Nc2nc3cc(Cl)c(Cl)cc3nc2-n2nc(C)cc2C)cc1. The Morgan fingerprint density at radius 2 is 1.57 bits per heavy atom. The van der Waals surface area contributed by atoms with Crippen LogP contribution >= 0.6 is 23.2 Å². The van der Waals surface area contributed by atoms with Crippen LogP contribution in [-0.2, 0) is 0 Å². The summed E-state index contributed by atoms with van der Waals surface area (Å²) in [4.78, 5) is 9.49. The van der Waals surface area contributed by atoms with Crippen molar-refractivity contribution < 1.29 is 4.74 Å². The number of aryl methyl sites for hydroxylation is 2. The average Bonchev–Trinajstić information content (AvgIpc) is 3.01. The summed E-state index contributed by atoms with van der Waals surface area (Å²) in [6.45, 7) is 3.91. The van der Waals surface area contributed by atoms with Crippen LogP contribution in [0.5, 0.6) is 5.75 Å². The Bertz CT molecular complexity index is 1170. The molecular formula is C20H17Cl2N5O. The number of halogens is 2. The van der Waals surface area contributed by atoms with Gasteiger partial charge in [0.2, 0.25) is 0 Å². The highest BCUT2D eigenvalue weighted by Gasteiger charge is 2.16. The number of anilines is 2. The fourth-order valence-electron chi connectivity index (χ4n) is 2.93. The highest BCUT2D eigenvalue weighted by molar-refractivity contribution is 6.42. The van der Waals surface area contributed by atoms with Crippen LogP contribution in [0.4, 0.5) is 11.5 Å². The van der Waals surface area contributed by atoms with Gasteiger partial charge in [0.15, 0.2) is 11.6 Å². The number of methoxy groups -OCH3 is 1. The van der Waals surface area contributed by atoms with Gasteiger partial charge in [0.25, 0.3) is 0 Å². The van der Waals surface area contributed by atoms with E-state index >= 15 is 0 Å². The van der Waals surface area contributed by atoms with Gasteiger partial charge in [-0.15, -0.1) is 0 Å². The third-order valence-electron chi connectivity index (χ3n) is 4.25. The molecule has 2 heterocycles. The first-order valence-corrected chi connectivity index (χ1v) is 9.31. The number of rotatable bonds is 4. The van der Waals surface area contributed by atoms with Gasteiger partial charge in [0, 0.05) is 11.4 Å². The van der Waals surface area contributed by atoms with Crippen molar-refractivity contribution in [2.24, 2.45) is 0 Å². The summed E-state index contributed by atoms with van der Waals surface area (Å²) in [5.74, 6) is 1.91. The van der Waals surface area contributed by atoms with Gasteiger partial charge < -0.3 is 10.1 Å². The minimum absolute atomic E-state index is 0.428. The Hall–Kier alpha value is -2.83. The quantitative estimate of drug-likeness (QED) is 0.478. The molecule has 28 heavy (non-hydrogen) atoms. The van der Waals surface area contributed by atoms with E-state index in [0.29, 0.717) is 32.7 Å². The minimum atomic E-state index is 0.428. The highest BCUT2D eigenvalue weighted by atomic mass is 35.5. The van der Waals surface area contributed by atoms with Gasteiger partial charge in [-0.25, -0.2) is 14.6 Å². The number of ether oxygens (including phenoxy) is 1. The van der Waals surface area contributed by atoms with Crippen LogP contribution in [0.3, 0.4) is 0 Å². The van der Waals surface area contributed by atoms with Crippen molar-refractivity contribution in [3.63, 3.8) is 0 Å². The van der Waals surface area contributed by atoms with E-state index in [1.54, 1.807) is 23.9 Å². The molecule has 0 spiro atoms. The molecule has 0 bridgehead atoms. The van der Waals surface area contributed by atoms with Gasteiger partial charge in [-0.1, -0.05) is 23.2 Å². The van der Waals surface area contributed by atoms with E-state index in [-0.39, 0.29) is 0 Å². The molecule has 2 aromatic heterocycles. The number of aromatic nitrogens is 4. The van der Waals surface area contributed by atoms with Crippen molar-refractivity contribution in [1.29, 1.82) is 0 Å². The van der Waals surface area contributed by atoms with Crippen molar-refractivity contribution in [2.75, 3.05) is 12.4 Å². The molecule has 8 heteroatoms. The van der Waals surface area contributed by atoms with Crippen molar-refractivity contribution in [1.82, 2.24) is 19.7 Å². The lowest BCUT2D eigenvalue weighted by Crippen LogP contribution is -2.08. The van der Waals surface area contributed by atoms with Crippen molar-refractivity contribution in [2.45, 2.75) is 13.8 Å². The second kappa shape index (κ2) is 7.30. The van der Waals surface area contributed by atoms with Crippen LogP contribution < -0.4 is 10.1 Å². The number of fused-ring (bicyclic) bond motifs is 1. The van der Waals surface area contributed by atoms with Gasteiger partial charge in [0.05, 0.1) is 33.9 Å². The zero-order chi connectivity index (χ0) is 19.8. The van der Waals surface area contributed by atoms with E-state index < -0.39 is 0 Å². The van der Waals surface area contributed by atoms with E-state index in [2.05, 4.69) is 10.4 Å². The average molecular weight is 414 g/mol. The van der Waals surface area contributed by atoms with Gasteiger partial charge >= 0.3 is 0 Å². The number of hydrogen-bond donors (Lipinski definition) is 1. The first kappa shape index (κ1) is 18.5. The Balaban J connectivity index is 1.89. The lowest BCUT2D eigenvalue weighted by molar-refractivity contribution is 0.415. The molecule has 2 aromatic carbocycles. The topological polar surface area (TPSA) is 64.9 Å². The molecule has 0 aliphatic heterocycles. The van der Waals surface area contributed by atoms with Crippen LogP contribution in [0.2, 0.25) is 10.0 Å². The summed E-state index contributed by atoms with van der Waals surface area (Å²) in [6, 6.07) is 13.0. The molecule has 0 atom stereocenters. The van der Waals surface area contributed by atoms with E-state index in [0.717, 1.165) is 22.8 Å². The number of nitrogens with zero attached hydrogens (tertiary/aromatic N) is 4. The molecule has 0 amide bonds. The molecule has 0 aliphatic carbocycles. The second-order valence-electron chi connectivity index (χ2n) is 6.34. The first-order valence-electron chi connectivity index (χ1n) is 8.56. The number of hydrogen-bond acceptors (Lipinski definition) is 5. The van der Waals surface area contributed by atoms with Crippen LogP contribution in [0.15, 0.2) is 42.5 Å². The molecule has 6 nitrogen and oxygen atoms in total. The molecule has 142 valence electrons. The van der Waals surface area contributed by atoms with Gasteiger partial charge in [-0.3, -0.25) is 0 Å². The van der Waals surface area contributed by atoms with Crippen molar-refractivity contribution in [3.8, 4) is 11.6 Å². The van der Waals surface area contributed by atoms with E-state index in [4.69, 9.17) is 37.9 Å². The summed E-state index contributed by atoms with van der Waals surface area (Å²) in [6.07, 6.45) is 0.